The van der Waals surface area contributed by atoms with Gasteiger partial charge in [0.1, 0.15) is 5.82 Å². The zero-order valence-electron chi connectivity index (χ0n) is 27.9. The molecule has 2 unspecified atom stereocenters. The van der Waals surface area contributed by atoms with E-state index in [1.807, 2.05) is 63.2 Å². The van der Waals surface area contributed by atoms with Gasteiger partial charge in [0.05, 0.1) is 23.7 Å². The highest BCUT2D eigenvalue weighted by molar-refractivity contribution is 6.02. The molecule has 0 bridgehead atoms. The van der Waals surface area contributed by atoms with Crippen molar-refractivity contribution in [1.29, 1.82) is 5.26 Å². The van der Waals surface area contributed by atoms with E-state index in [0.29, 0.717) is 42.1 Å². The molecule has 3 aromatic rings. The van der Waals surface area contributed by atoms with Crippen LogP contribution < -0.4 is 21.3 Å². The Bertz CT molecular complexity index is 1680. The van der Waals surface area contributed by atoms with Crippen LogP contribution in [0.4, 0.5) is 4.39 Å². The van der Waals surface area contributed by atoms with Crippen molar-refractivity contribution in [3.63, 3.8) is 0 Å². The number of carbonyl (C=O) groups excluding carboxylic acids is 3. The van der Waals surface area contributed by atoms with E-state index in [9.17, 15) is 24.0 Å². The van der Waals surface area contributed by atoms with Crippen LogP contribution in [0.15, 0.2) is 102 Å². The number of benzene rings is 3. The van der Waals surface area contributed by atoms with Crippen molar-refractivity contribution in [3.8, 4) is 6.07 Å². The normalized spacial score (nSPS) is 16.1. The molecule has 0 fully saturated rings. The molecule has 4 rings (SSSR count). The lowest BCUT2D eigenvalue weighted by Crippen LogP contribution is -2.50. The largest absolute Gasteiger partial charge is 0.354 e. The second-order valence-corrected chi connectivity index (χ2v) is 12.7. The summed E-state index contributed by atoms with van der Waals surface area (Å²) in [7, 11) is 0. The minimum Gasteiger partial charge on any atom is -0.354 e. The lowest BCUT2D eigenvalue weighted by Gasteiger charge is -2.26. The lowest BCUT2D eigenvalue weighted by molar-refractivity contribution is -0.123. The first kappa shape index (κ1) is 35.8. The van der Waals surface area contributed by atoms with Gasteiger partial charge in [-0.2, -0.15) is 5.26 Å². The number of amides is 3. The summed E-state index contributed by atoms with van der Waals surface area (Å²) >= 11 is 0. The van der Waals surface area contributed by atoms with E-state index in [1.165, 1.54) is 12.1 Å². The summed E-state index contributed by atoms with van der Waals surface area (Å²) in [6.07, 6.45) is 4.21. The smallest absolute Gasteiger partial charge is 0.251 e. The fourth-order valence-electron chi connectivity index (χ4n) is 5.56. The molecule has 1 aliphatic carbocycles. The van der Waals surface area contributed by atoms with Crippen LogP contribution in [0.25, 0.3) is 0 Å². The third-order valence-electron chi connectivity index (χ3n) is 8.31. The van der Waals surface area contributed by atoms with Crippen LogP contribution in [0.2, 0.25) is 0 Å². The van der Waals surface area contributed by atoms with Crippen LogP contribution in [-0.4, -0.2) is 42.9 Å². The molecule has 3 amide bonds. The summed E-state index contributed by atoms with van der Waals surface area (Å²) in [5.74, 6) is -1.28. The first-order chi connectivity index (χ1) is 23.0. The predicted molar refractivity (Wildman–Crippen MR) is 185 cm³/mol. The van der Waals surface area contributed by atoms with Gasteiger partial charge in [-0.15, -0.1) is 0 Å². The van der Waals surface area contributed by atoms with Gasteiger partial charge in [-0.25, -0.2) is 4.39 Å². The summed E-state index contributed by atoms with van der Waals surface area (Å²) in [5, 5.41) is 22.1. The Balaban J connectivity index is 1.58. The Labute approximate surface area is 282 Å². The Kier molecular flexibility index (Phi) is 12.8. The molecule has 9 heteroatoms. The molecule has 0 saturated carbocycles. The van der Waals surface area contributed by atoms with E-state index in [-0.39, 0.29) is 36.0 Å². The number of hydrogen-bond donors (Lipinski definition) is 4. The standard InChI is InChI=1S/C39H44FN5O3/c1-25(2)23-43-37(46)27(4)42-24-35(18-28-10-6-5-7-11-28)45-39(48)33-20-31(36-13-9-8-12-30(36)22-41)19-32(21-33)38(47)44-26(3)29-14-16-34(40)17-15-29/h5-17,20-21,25-27,31,35,42H,18-19,23-24H2,1-4H3,(H,43,46)(H,44,47)(H,45,48)/t26?,27?,31-,35-/m0/s1. The number of nitriles is 1. The summed E-state index contributed by atoms with van der Waals surface area (Å²) in [4.78, 5) is 40.2. The van der Waals surface area contributed by atoms with E-state index in [4.69, 9.17) is 0 Å². The van der Waals surface area contributed by atoms with Crippen LogP contribution in [-0.2, 0) is 20.8 Å². The van der Waals surface area contributed by atoms with Gasteiger partial charge >= 0.3 is 0 Å². The van der Waals surface area contributed by atoms with Crippen molar-refractivity contribution >= 4 is 17.7 Å². The predicted octanol–water partition coefficient (Wildman–Crippen LogP) is 5.39. The van der Waals surface area contributed by atoms with Crippen LogP contribution in [0.3, 0.4) is 0 Å². The van der Waals surface area contributed by atoms with Crippen molar-refractivity contribution < 1.29 is 18.8 Å². The molecule has 0 radical (unpaired) electrons. The highest BCUT2D eigenvalue weighted by Gasteiger charge is 2.27. The second-order valence-electron chi connectivity index (χ2n) is 12.7. The maximum atomic E-state index is 14.0. The summed E-state index contributed by atoms with van der Waals surface area (Å²) < 4.78 is 13.5. The average molecular weight is 650 g/mol. The van der Waals surface area contributed by atoms with E-state index in [1.54, 1.807) is 43.3 Å². The zero-order valence-corrected chi connectivity index (χ0v) is 27.9. The molecule has 0 aromatic heterocycles. The van der Waals surface area contributed by atoms with Gasteiger partial charge in [0.25, 0.3) is 5.91 Å². The van der Waals surface area contributed by atoms with E-state index in [0.717, 1.165) is 16.7 Å². The van der Waals surface area contributed by atoms with Crippen molar-refractivity contribution in [1.82, 2.24) is 21.3 Å². The number of carbonyl (C=O) groups is 3. The first-order valence-corrected chi connectivity index (χ1v) is 16.4. The summed E-state index contributed by atoms with van der Waals surface area (Å²) in [5.41, 5.74) is 3.64. The van der Waals surface area contributed by atoms with E-state index in [2.05, 4.69) is 27.3 Å². The molecule has 48 heavy (non-hydrogen) atoms. The molecule has 0 heterocycles. The topological polar surface area (TPSA) is 123 Å². The highest BCUT2D eigenvalue weighted by atomic mass is 19.1. The fourth-order valence-corrected chi connectivity index (χ4v) is 5.56. The summed E-state index contributed by atoms with van der Waals surface area (Å²) in [6, 6.07) is 23.8. The molecule has 8 nitrogen and oxygen atoms in total. The minimum atomic E-state index is -0.474. The van der Waals surface area contributed by atoms with E-state index >= 15 is 0 Å². The Hall–Kier alpha value is -5.07. The summed E-state index contributed by atoms with van der Waals surface area (Å²) in [6.45, 7) is 8.57. The van der Waals surface area contributed by atoms with Gasteiger partial charge in [0.15, 0.2) is 0 Å². The zero-order chi connectivity index (χ0) is 34.6. The van der Waals surface area contributed by atoms with Crippen molar-refractivity contribution in [2.24, 2.45) is 5.92 Å². The third-order valence-corrected chi connectivity index (χ3v) is 8.31. The number of allylic oxidation sites excluding steroid dienone is 1. The molecule has 1 aliphatic rings. The number of hydrogen-bond acceptors (Lipinski definition) is 5. The molecule has 250 valence electrons. The number of halogens is 1. The molecular weight excluding hydrogens is 605 g/mol. The second kappa shape index (κ2) is 17.2. The SMILES string of the molecule is CC(C)CNC(=O)C(C)NC[C@H](Cc1ccccc1)NC(=O)C1=C[C@@H](c2ccccc2C#N)CC(C(=O)NC(C)c2ccc(F)cc2)=C1. The van der Waals surface area contributed by atoms with Gasteiger partial charge in [-0.05, 0) is 73.6 Å². The molecule has 0 spiro atoms. The minimum absolute atomic E-state index is 0.115. The first-order valence-electron chi connectivity index (χ1n) is 16.4. The number of rotatable bonds is 14. The van der Waals surface area contributed by atoms with Crippen LogP contribution >= 0.6 is 0 Å². The fraction of sp³-hybridized carbons (Fsp3) is 0.333. The van der Waals surface area contributed by atoms with Gasteiger partial charge in [0, 0.05) is 36.2 Å². The monoisotopic (exact) mass is 649 g/mol. The number of nitrogens with zero attached hydrogens (tertiary/aromatic N) is 1. The highest BCUT2D eigenvalue weighted by Crippen LogP contribution is 2.33. The molecular formula is C39H44FN5O3. The van der Waals surface area contributed by atoms with Gasteiger partial charge in [-0.1, -0.05) is 80.6 Å². The Morgan fingerprint density at radius 1 is 0.875 bits per heavy atom. The molecule has 3 aromatic carbocycles. The van der Waals surface area contributed by atoms with Crippen molar-refractivity contribution in [2.45, 2.75) is 64.6 Å². The maximum Gasteiger partial charge on any atom is 0.251 e. The Morgan fingerprint density at radius 2 is 1.56 bits per heavy atom. The Morgan fingerprint density at radius 3 is 2.25 bits per heavy atom. The molecule has 0 aliphatic heterocycles. The quantitative estimate of drug-likeness (QED) is 0.187. The number of nitrogens with one attached hydrogen (secondary N) is 4. The van der Waals surface area contributed by atoms with Crippen LogP contribution in [0.1, 0.15) is 68.3 Å². The third kappa shape index (κ3) is 10.2. The van der Waals surface area contributed by atoms with Gasteiger partial charge in [-0.3, -0.25) is 14.4 Å². The van der Waals surface area contributed by atoms with Gasteiger partial charge < -0.3 is 21.3 Å². The molecule has 4 N–H and O–H groups in total. The van der Waals surface area contributed by atoms with Gasteiger partial charge in [0.2, 0.25) is 11.8 Å². The van der Waals surface area contributed by atoms with Crippen LogP contribution in [0.5, 0.6) is 0 Å². The average Bonchev–Trinajstić information content (AvgIpc) is 3.09. The molecule has 4 atom stereocenters. The van der Waals surface area contributed by atoms with Crippen LogP contribution in [0, 0.1) is 23.1 Å². The van der Waals surface area contributed by atoms with Crippen molar-refractivity contribution in [2.75, 3.05) is 13.1 Å². The lowest BCUT2D eigenvalue weighted by atomic mass is 9.83. The van der Waals surface area contributed by atoms with E-state index < -0.39 is 18.0 Å². The molecule has 0 saturated heterocycles. The maximum absolute atomic E-state index is 14.0. The van der Waals surface area contributed by atoms with Crippen molar-refractivity contribution in [3.05, 3.63) is 130 Å².